The second-order valence-corrected chi connectivity index (χ2v) is 8.33. The molecule has 0 saturated heterocycles. The van der Waals surface area contributed by atoms with Crippen molar-refractivity contribution in [1.82, 2.24) is 30.6 Å². The van der Waals surface area contributed by atoms with E-state index in [1.165, 1.54) is 0 Å². The van der Waals surface area contributed by atoms with Crippen LogP contribution < -0.4 is 16.0 Å². The number of nitrogens with zero attached hydrogens (tertiary/aromatic N) is 5. The third-order valence-electron chi connectivity index (χ3n) is 5.09. The number of tetrazole rings is 1. The molecule has 0 saturated carbocycles. The van der Waals surface area contributed by atoms with Crippen LogP contribution in [0.1, 0.15) is 17.0 Å². The molecule has 2 aromatic carbocycles. The standard InChI is InChI=1S/C21H18ClN9O.C2HF3O/c22-16-11-23-21-25-14-3-1-2-12(8-14)4-5-13-9-15(24-20(16)27-21)6-7-17(13)26-19(32)10-18-28-30-31-29-18;3-2(4,5)1-6/h1-3,6-9,11H,4-5,10H2,(H,26,32)(H2,23,24,25,27)(H,28,29,30,31);1H. The number of carbonyl (C=O) groups is 2. The number of hydrogen-bond donors (Lipinski definition) is 4. The molecule has 6 bridgehead atoms. The quantitative estimate of drug-likeness (QED) is 0.278. The Bertz CT molecular complexity index is 1430. The molecule has 38 heavy (non-hydrogen) atoms. The number of anilines is 5. The first-order valence-corrected chi connectivity index (χ1v) is 11.4. The molecule has 0 unspecified atom stereocenters. The predicted octanol–water partition coefficient (Wildman–Crippen LogP) is 4.16. The van der Waals surface area contributed by atoms with E-state index in [1.54, 1.807) is 6.20 Å². The molecule has 11 nitrogen and oxygen atoms in total. The minimum atomic E-state index is -4.64. The molecule has 0 atom stereocenters. The number of aromatic nitrogens is 6. The highest BCUT2D eigenvalue weighted by molar-refractivity contribution is 6.32. The van der Waals surface area contributed by atoms with Gasteiger partial charge in [0.25, 0.3) is 0 Å². The summed E-state index contributed by atoms with van der Waals surface area (Å²) in [5.41, 5.74) is 4.53. The summed E-state index contributed by atoms with van der Waals surface area (Å²) in [5, 5.41) is 23.3. The number of rotatable bonds is 3. The van der Waals surface area contributed by atoms with E-state index in [1.807, 2.05) is 30.3 Å². The fraction of sp³-hybridized carbons (Fsp3) is 0.174. The fourth-order valence-corrected chi connectivity index (χ4v) is 3.60. The molecule has 0 aliphatic carbocycles. The summed E-state index contributed by atoms with van der Waals surface area (Å²) in [6.45, 7) is 0. The van der Waals surface area contributed by atoms with Crippen LogP contribution in [-0.4, -0.2) is 49.0 Å². The van der Waals surface area contributed by atoms with Crippen LogP contribution in [0.25, 0.3) is 0 Å². The van der Waals surface area contributed by atoms with E-state index >= 15 is 0 Å². The van der Waals surface area contributed by atoms with E-state index in [0.717, 1.165) is 34.6 Å². The van der Waals surface area contributed by atoms with Crippen LogP contribution >= 0.6 is 11.6 Å². The van der Waals surface area contributed by atoms with Crippen molar-refractivity contribution in [2.24, 2.45) is 0 Å². The summed E-state index contributed by atoms with van der Waals surface area (Å²) < 4.78 is 31.2. The van der Waals surface area contributed by atoms with Crippen LogP contribution in [0.3, 0.4) is 0 Å². The Morgan fingerprint density at radius 1 is 1.11 bits per heavy atom. The zero-order chi connectivity index (χ0) is 27.1. The third kappa shape index (κ3) is 7.46. The molecular weight excluding hydrogens is 527 g/mol. The molecular formula is C23H19ClF3N9O2. The Balaban J connectivity index is 0.000000505. The Morgan fingerprint density at radius 3 is 2.63 bits per heavy atom. The topological polar surface area (TPSA) is 150 Å². The minimum absolute atomic E-state index is 0.0307. The van der Waals surface area contributed by atoms with Crippen molar-refractivity contribution in [2.45, 2.75) is 25.4 Å². The highest BCUT2D eigenvalue weighted by Gasteiger charge is 2.25. The molecule has 5 rings (SSSR count). The maximum atomic E-state index is 12.5. The summed E-state index contributed by atoms with van der Waals surface area (Å²) in [5.74, 6) is 1.04. The normalized spacial score (nSPS) is 12.2. The van der Waals surface area contributed by atoms with Gasteiger partial charge >= 0.3 is 6.18 Å². The number of aromatic amines is 1. The van der Waals surface area contributed by atoms with Gasteiger partial charge in [-0.05, 0) is 54.3 Å². The Morgan fingerprint density at radius 2 is 1.89 bits per heavy atom. The van der Waals surface area contributed by atoms with Crippen LogP contribution in [0, 0.1) is 0 Å². The van der Waals surface area contributed by atoms with Gasteiger partial charge in [-0.1, -0.05) is 28.9 Å². The van der Waals surface area contributed by atoms with Gasteiger partial charge < -0.3 is 16.0 Å². The second-order valence-electron chi connectivity index (χ2n) is 7.92. The average molecular weight is 546 g/mol. The van der Waals surface area contributed by atoms with Gasteiger partial charge in [-0.3, -0.25) is 9.59 Å². The lowest BCUT2D eigenvalue weighted by atomic mass is 10.0. The first-order valence-electron chi connectivity index (χ1n) is 11.0. The largest absolute Gasteiger partial charge is 0.446 e. The number of benzene rings is 2. The van der Waals surface area contributed by atoms with Gasteiger partial charge in [-0.2, -0.15) is 23.4 Å². The van der Waals surface area contributed by atoms with Gasteiger partial charge in [0, 0.05) is 17.1 Å². The van der Waals surface area contributed by atoms with E-state index in [2.05, 4.69) is 58.7 Å². The number of amides is 1. The first-order chi connectivity index (χ1) is 18.2. The Hall–Kier alpha value is -4.59. The van der Waals surface area contributed by atoms with Crippen molar-refractivity contribution in [3.05, 3.63) is 70.6 Å². The van der Waals surface area contributed by atoms with Gasteiger partial charge in [0.1, 0.15) is 5.02 Å². The number of hydrogen-bond acceptors (Lipinski definition) is 9. The number of aldehydes is 1. The summed E-state index contributed by atoms with van der Waals surface area (Å²) in [7, 11) is 0. The molecule has 4 N–H and O–H groups in total. The molecule has 0 fully saturated rings. The maximum Gasteiger partial charge on any atom is 0.446 e. The van der Waals surface area contributed by atoms with Crippen molar-refractivity contribution in [1.29, 1.82) is 0 Å². The van der Waals surface area contributed by atoms with Gasteiger partial charge in [0.2, 0.25) is 18.1 Å². The van der Waals surface area contributed by atoms with Crippen molar-refractivity contribution >= 4 is 52.6 Å². The molecule has 4 aromatic rings. The third-order valence-corrected chi connectivity index (χ3v) is 5.37. The fourth-order valence-electron chi connectivity index (χ4n) is 3.46. The monoisotopic (exact) mass is 545 g/mol. The summed E-state index contributed by atoms with van der Waals surface area (Å²) in [6.07, 6.45) is -2.62. The SMILES string of the molecule is O=C(Cc1nn[nH]n1)Nc1ccc2cc1CCc1cccc(c1)Nc1ncc(Cl)c(n1)N2.O=CC(F)(F)F. The summed E-state index contributed by atoms with van der Waals surface area (Å²) in [4.78, 5) is 29.9. The van der Waals surface area contributed by atoms with Crippen molar-refractivity contribution in [2.75, 3.05) is 16.0 Å². The van der Waals surface area contributed by atoms with Gasteiger partial charge in [0.15, 0.2) is 11.6 Å². The molecule has 15 heteroatoms. The highest BCUT2D eigenvalue weighted by atomic mass is 35.5. The smallest absolute Gasteiger partial charge is 0.339 e. The zero-order valence-electron chi connectivity index (χ0n) is 19.4. The highest BCUT2D eigenvalue weighted by Crippen LogP contribution is 2.29. The molecule has 2 aromatic heterocycles. The van der Waals surface area contributed by atoms with Crippen LogP contribution in [-0.2, 0) is 28.9 Å². The lowest BCUT2D eigenvalue weighted by molar-refractivity contribution is -0.156. The Labute approximate surface area is 218 Å². The molecule has 0 radical (unpaired) electrons. The lowest BCUT2D eigenvalue weighted by Gasteiger charge is -2.14. The molecule has 0 spiro atoms. The van der Waals surface area contributed by atoms with E-state index in [-0.39, 0.29) is 12.3 Å². The van der Waals surface area contributed by atoms with Crippen LogP contribution in [0.5, 0.6) is 0 Å². The molecule has 1 aliphatic rings. The zero-order valence-corrected chi connectivity index (χ0v) is 20.1. The van der Waals surface area contributed by atoms with Crippen molar-refractivity contribution in [3.8, 4) is 0 Å². The van der Waals surface area contributed by atoms with Gasteiger partial charge in [0.05, 0.1) is 12.6 Å². The Kier molecular flexibility index (Phi) is 8.11. The number of H-pyrrole nitrogens is 1. The molecule has 196 valence electrons. The average Bonchev–Trinajstić information content (AvgIpc) is 3.39. The van der Waals surface area contributed by atoms with Crippen LogP contribution in [0.2, 0.25) is 5.02 Å². The molecule has 3 heterocycles. The van der Waals surface area contributed by atoms with Gasteiger partial charge in [-0.15, -0.1) is 10.2 Å². The van der Waals surface area contributed by atoms with Gasteiger partial charge in [-0.25, -0.2) is 4.98 Å². The maximum absolute atomic E-state index is 12.5. The van der Waals surface area contributed by atoms with Crippen molar-refractivity contribution < 1.29 is 22.8 Å². The minimum Gasteiger partial charge on any atom is -0.339 e. The van der Waals surface area contributed by atoms with E-state index in [4.69, 9.17) is 16.4 Å². The van der Waals surface area contributed by atoms with E-state index in [0.29, 0.717) is 29.0 Å². The first kappa shape index (κ1) is 26.5. The number of nitrogens with one attached hydrogen (secondary N) is 4. The van der Waals surface area contributed by atoms with E-state index < -0.39 is 12.5 Å². The van der Waals surface area contributed by atoms with Crippen LogP contribution in [0.4, 0.5) is 42.0 Å². The van der Waals surface area contributed by atoms with Crippen LogP contribution in [0.15, 0.2) is 48.7 Å². The number of alkyl halides is 3. The number of aryl methyl sites for hydroxylation is 2. The molecule has 1 aliphatic heterocycles. The number of fused-ring (bicyclic) bond motifs is 6. The predicted molar refractivity (Wildman–Crippen MR) is 133 cm³/mol. The van der Waals surface area contributed by atoms with E-state index in [9.17, 15) is 18.0 Å². The summed E-state index contributed by atoms with van der Waals surface area (Å²) in [6, 6.07) is 13.8. The second kappa shape index (κ2) is 11.6. The lowest BCUT2D eigenvalue weighted by Crippen LogP contribution is -2.16. The number of halogens is 4. The molecule has 1 amide bonds. The number of carbonyl (C=O) groups excluding carboxylic acids is 2. The summed E-state index contributed by atoms with van der Waals surface area (Å²) >= 11 is 6.31. The van der Waals surface area contributed by atoms with Crippen molar-refractivity contribution in [3.63, 3.8) is 0 Å².